The van der Waals surface area contributed by atoms with Gasteiger partial charge in [-0.05, 0) is 31.2 Å². The molecule has 0 aliphatic carbocycles. The zero-order valence-corrected chi connectivity index (χ0v) is 17.2. The first-order valence-corrected chi connectivity index (χ1v) is 9.70. The average molecular weight is 405 g/mol. The summed E-state index contributed by atoms with van der Waals surface area (Å²) in [5.41, 5.74) is -1.51. The Morgan fingerprint density at radius 2 is 1.43 bits per heavy atom. The lowest BCUT2D eigenvalue weighted by Gasteiger charge is -2.15. The van der Waals surface area contributed by atoms with Crippen LogP contribution in [0.2, 0.25) is 0 Å². The molecule has 0 saturated heterocycles. The molecule has 0 heterocycles. The second kappa shape index (κ2) is 9.33. The van der Waals surface area contributed by atoms with E-state index >= 15 is 0 Å². The van der Waals surface area contributed by atoms with Crippen LogP contribution in [0, 0.1) is 0 Å². The van der Waals surface area contributed by atoms with Gasteiger partial charge in [0.2, 0.25) is 5.52 Å². The number of hydrogen-bond acceptors (Lipinski definition) is 7. The van der Waals surface area contributed by atoms with Crippen LogP contribution >= 0.6 is 7.80 Å². The van der Waals surface area contributed by atoms with Gasteiger partial charge in [0.15, 0.2) is 13.6 Å². The molecule has 0 saturated carbocycles. The molecule has 0 aliphatic heterocycles. The smallest absolute Gasteiger partial charge is 0.250 e. The van der Waals surface area contributed by atoms with Gasteiger partial charge in [-0.3, -0.25) is 14.2 Å². The standard InChI is InChI=1S/C20H22O7P/c1-12(19(21)14-10-9-13(24-2)11-17(14)27-5)28(23)20(22)18-15(25-3)7-6-8-16(18)26-4/h6-12H,1-5H3. The molecule has 8 heteroatoms. The summed E-state index contributed by atoms with van der Waals surface area (Å²) < 4.78 is 33.7. The number of ether oxygens (including phenoxy) is 4. The van der Waals surface area contributed by atoms with Crippen LogP contribution < -0.4 is 18.9 Å². The minimum atomic E-state index is -2.60. The van der Waals surface area contributed by atoms with Crippen LogP contribution in [-0.4, -0.2) is 45.4 Å². The van der Waals surface area contributed by atoms with E-state index < -0.39 is 24.8 Å². The summed E-state index contributed by atoms with van der Waals surface area (Å²) in [5, 5.41) is 0. The Kier molecular flexibility index (Phi) is 7.12. The van der Waals surface area contributed by atoms with E-state index in [1.54, 1.807) is 30.3 Å². The fourth-order valence-electron chi connectivity index (χ4n) is 2.68. The van der Waals surface area contributed by atoms with Gasteiger partial charge in [0, 0.05) is 6.07 Å². The first-order valence-electron chi connectivity index (χ1n) is 8.37. The number of carbonyl (C=O) groups excluding carboxylic acids is 2. The largest absolute Gasteiger partial charge is 0.497 e. The van der Waals surface area contributed by atoms with Crippen molar-refractivity contribution in [1.29, 1.82) is 0 Å². The molecule has 28 heavy (non-hydrogen) atoms. The van der Waals surface area contributed by atoms with E-state index in [2.05, 4.69) is 0 Å². The molecule has 2 unspecified atom stereocenters. The lowest BCUT2D eigenvalue weighted by Crippen LogP contribution is -2.17. The second-order valence-corrected chi connectivity index (χ2v) is 7.61. The molecule has 0 N–H and O–H groups in total. The Bertz CT molecular complexity index is 885. The predicted octanol–water partition coefficient (Wildman–Crippen LogP) is 3.96. The third-order valence-electron chi connectivity index (χ3n) is 4.25. The molecule has 7 nitrogen and oxygen atoms in total. The van der Waals surface area contributed by atoms with Crippen LogP contribution in [0.15, 0.2) is 36.4 Å². The third kappa shape index (κ3) is 4.15. The minimum Gasteiger partial charge on any atom is -0.497 e. The van der Waals surface area contributed by atoms with Crippen LogP contribution in [-0.2, 0) is 4.57 Å². The fourth-order valence-corrected chi connectivity index (χ4v) is 3.83. The number of ketones is 1. The first-order chi connectivity index (χ1) is 13.4. The molecule has 0 fully saturated rings. The quantitative estimate of drug-likeness (QED) is 0.461. The van der Waals surface area contributed by atoms with Gasteiger partial charge in [-0.15, -0.1) is 0 Å². The molecule has 2 aromatic carbocycles. The average Bonchev–Trinajstić information content (AvgIpc) is 2.75. The predicted molar refractivity (Wildman–Crippen MR) is 105 cm³/mol. The highest BCUT2D eigenvalue weighted by molar-refractivity contribution is 7.66. The van der Waals surface area contributed by atoms with E-state index in [0.29, 0.717) is 5.75 Å². The number of methoxy groups -OCH3 is 4. The van der Waals surface area contributed by atoms with Crippen molar-refractivity contribution in [2.75, 3.05) is 28.4 Å². The van der Waals surface area contributed by atoms with Gasteiger partial charge in [0.1, 0.15) is 28.6 Å². The molecule has 0 bridgehead atoms. The normalized spacial score (nSPS) is 12.0. The maximum atomic E-state index is 12.9. The van der Waals surface area contributed by atoms with Gasteiger partial charge in [0.05, 0.1) is 39.7 Å². The molecular formula is C20H22O7P. The molecule has 0 aliphatic rings. The Balaban J connectivity index is 2.37. The summed E-state index contributed by atoms with van der Waals surface area (Å²) in [6.45, 7) is 1.45. The lowest BCUT2D eigenvalue weighted by atomic mass is 10.1. The monoisotopic (exact) mass is 405 g/mol. The Morgan fingerprint density at radius 3 is 1.93 bits per heavy atom. The number of carbonyl (C=O) groups is 2. The van der Waals surface area contributed by atoms with E-state index in [9.17, 15) is 14.2 Å². The van der Waals surface area contributed by atoms with E-state index in [-0.39, 0.29) is 28.4 Å². The topological polar surface area (TPSA) is 88.1 Å². The van der Waals surface area contributed by atoms with Gasteiger partial charge in [-0.2, -0.15) is 0 Å². The number of benzene rings is 2. The molecule has 2 aromatic rings. The van der Waals surface area contributed by atoms with E-state index in [1.807, 2.05) is 0 Å². The SMILES string of the molecule is COc1ccc(C(=O)C(C)[P](=O)C(=O)c2c(OC)cccc2OC)c(OC)c1. The van der Waals surface area contributed by atoms with Gasteiger partial charge >= 0.3 is 0 Å². The van der Waals surface area contributed by atoms with Crippen molar-refractivity contribution in [2.45, 2.75) is 12.6 Å². The Hall–Kier alpha value is -2.92. The van der Waals surface area contributed by atoms with E-state index in [4.69, 9.17) is 18.9 Å². The number of rotatable bonds is 9. The van der Waals surface area contributed by atoms with Gasteiger partial charge in [-0.25, -0.2) is 0 Å². The minimum absolute atomic E-state index is 0.0509. The fraction of sp³-hybridized carbons (Fsp3) is 0.300. The summed E-state index contributed by atoms with van der Waals surface area (Å²) in [6.07, 6.45) is 0. The Labute approximate surface area is 164 Å². The van der Waals surface area contributed by atoms with Crippen molar-refractivity contribution in [3.8, 4) is 23.0 Å². The number of Topliss-reactive ketones (excluding diaryl/α,β-unsaturated/α-hetero) is 1. The van der Waals surface area contributed by atoms with Crippen molar-refractivity contribution >= 4 is 19.1 Å². The van der Waals surface area contributed by atoms with Gasteiger partial charge in [-0.1, -0.05) is 6.07 Å². The zero-order chi connectivity index (χ0) is 20.8. The van der Waals surface area contributed by atoms with Crippen molar-refractivity contribution in [1.82, 2.24) is 0 Å². The highest BCUT2D eigenvalue weighted by atomic mass is 31.1. The van der Waals surface area contributed by atoms with Crippen LogP contribution in [0.3, 0.4) is 0 Å². The molecule has 2 atom stereocenters. The molecule has 1 radical (unpaired) electrons. The number of hydrogen-bond donors (Lipinski definition) is 0. The van der Waals surface area contributed by atoms with Crippen molar-refractivity contribution in [3.63, 3.8) is 0 Å². The van der Waals surface area contributed by atoms with E-state index in [1.165, 1.54) is 41.4 Å². The second-order valence-electron chi connectivity index (χ2n) is 5.77. The Morgan fingerprint density at radius 1 is 0.857 bits per heavy atom. The molecule has 0 amide bonds. The zero-order valence-electron chi connectivity index (χ0n) is 16.3. The van der Waals surface area contributed by atoms with Crippen molar-refractivity contribution in [2.24, 2.45) is 0 Å². The molecule has 2 rings (SSSR count). The maximum absolute atomic E-state index is 12.9. The molecule has 149 valence electrons. The van der Waals surface area contributed by atoms with Crippen LogP contribution in [0.1, 0.15) is 27.6 Å². The van der Waals surface area contributed by atoms with Gasteiger partial charge < -0.3 is 18.9 Å². The maximum Gasteiger partial charge on any atom is 0.250 e. The highest BCUT2D eigenvalue weighted by Gasteiger charge is 2.33. The summed E-state index contributed by atoms with van der Waals surface area (Å²) >= 11 is 0. The summed E-state index contributed by atoms with van der Waals surface area (Å²) in [5.74, 6) is 0.786. The summed E-state index contributed by atoms with van der Waals surface area (Å²) in [7, 11) is 3.11. The first kappa shape index (κ1) is 21.4. The highest BCUT2D eigenvalue weighted by Crippen LogP contribution is 2.41. The summed E-state index contributed by atoms with van der Waals surface area (Å²) in [6, 6.07) is 9.46. The van der Waals surface area contributed by atoms with Crippen molar-refractivity contribution in [3.05, 3.63) is 47.5 Å². The van der Waals surface area contributed by atoms with Crippen LogP contribution in [0.25, 0.3) is 0 Å². The van der Waals surface area contributed by atoms with E-state index in [0.717, 1.165) is 0 Å². The lowest BCUT2D eigenvalue weighted by molar-refractivity contribution is 0.0979. The van der Waals surface area contributed by atoms with Crippen LogP contribution in [0.5, 0.6) is 23.0 Å². The van der Waals surface area contributed by atoms with Crippen LogP contribution in [0.4, 0.5) is 0 Å². The van der Waals surface area contributed by atoms with Gasteiger partial charge in [0.25, 0.3) is 0 Å². The van der Waals surface area contributed by atoms with Crippen molar-refractivity contribution < 1.29 is 33.1 Å². The molecule has 0 spiro atoms. The molecular weight excluding hydrogens is 383 g/mol. The molecule has 0 aromatic heterocycles. The summed E-state index contributed by atoms with van der Waals surface area (Å²) in [4.78, 5) is 25.8. The third-order valence-corrected chi connectivity index (χ3v) is 5.81.